The first-order chi connectivity index (χ1) is 15.7. The fourth-order valence-electron chi connectivity index (χ4n) is 3.08. The van der Waals surface area contributed by atoms with Crippen LogP contribution in [0.2, 0.25) is 0 Å². The van der Waals surface area contributed by atoms with Crippen LogP contribution < -0.4 is 16.3 Å². The number of aromatic nitrogens is 3. The van der Waals surface area contributed by atoms with Gasteiger partial charge in [-0.3, -0.25) is 24.8 Å². The highest BCUT2D eigenvalue weighted by Crippen LogP contribution is 2.30. The summed E-state index contributed by atoms with van der Waals surface area (Å²) in [4.78, 5) is 45.8. The van der Waals surface area contributed by atoms with E-state index in [1.807, 2.05) is 0 Å². The lowest BCUT2D eigenvalue weighted by Gasteiger charge is -2.13. The van der Waals surface area contributed by atoms with E-state index in [4.69, 9.17) is 0 Å². The number of hydrogen-bond donors (Lipinski definition) is 2. The van der Waals surface area contributed by atoms with Gasteiger partial charge in [-0.05, 0) is 30.3 Å². The number of pyridine rings is 1. The Morgan fingerprint density at radius 1 is 0.909 bits per heavy atom. The van der Waals surface area contributed by atoms with Crippen molar-refractivity contribution in [2.75, 3.05) is 10.7 Å². The molecule has 11 heteroatoms. The lowest BCUT2D eigenvalue weighted by molar-refractivity contribution is -0.137. The van der Waals surface area contributed by atoms with E-state index in [0.717, 1.165) is 35.1 Å². The van der Waals surface area contributed by atoms with Gasteiger partial charge in [-0.2, -0.15) is 13.2 Å². The molecule has 0 aliphatic carbocycles. The number of rotatable bonds is 4. The molecule has 0 radical (unpaired) electrons. The van der Waals surface area contributed by atoms with Gasteiger partial charge >= 0.3 is 6.18 Å². The fourth-order valence-corrected chi connectivity index (χ4v) is 3.08. The molecule has 0 saturated carbocycles. The van der Waals surface area contributed by atoms with Crippen molar-refractivity contribution in [2.24, 2.45) is 0 Å². The Kier molecular flexibility index (Phi) is 5.61. The van der Waals surface area contributed by atoms with Gasteiger partial charge < -0.3 is 5.32 Å². The van der Waals surface area contributed by atoms with Crippen molar-refractivity contribution in [1.82, 2.24) is 14.6 Å². The zero-order valence-electron chi connectivity index (χ0n) is 16.6. The van der Waals surface area contributed by atoms with Crippen LogP contribution in [-0.2, 0) is 6.18 Å². The van der Waals surface area contributed by atoms with Gasteiger partial charge in [0.2, 0.25) is 0 Å². The second-order valence-electron chi connectivity index (χ2n) is 6.82. The SMILES string of the molecule is O=C(Nn1cc(C(=O)Nc2ccc(C(F)(F)F)cc2)c2ccccc2c1=O)c1cnccn1. The Hall–Kier alpha value is -4.54. The summed E-state index contributed by atoms with van der Waals surface area (Å²) in [6.07, 6.45) is 0.525. The minimum Gasteiger partial charge on any atom is -0.322 e. The Labute approximate surface area is 183 Å². The molecule has 0 aliphatic rings. The number of carbonyl (C=O) groups is 2. The first-order valence-electron chi connectivity index (χ1n) is 9.44. The van der Waals surface area contributed by atoms with E-state index in [2.05, 4.69) is 20.7 Å². The molecule has 8 nitrogen and oxygen atoms in total. The third kappa shape index (κ3) is 4.56. The molecule has 4 aromatic rings. The summed E-state index contributed by atoms with van der Waals surface area (Å²) in [5, 5.41) is 2.96. The first-order valence-corrected chi connectivity index (χ1v) is 9.44. The summed E-state index contributed by atoms with van der Waals surface area (Å²) in [7, 11) is 0. The van der Waals surface area contributed by atoms with Crippen molar-refractivity contribution < 1.29 is 22.8 Å². The quantitative estimate of drug-likeness (QED) is 0.493. The Balaban J connectivity index is 1.69. The van der Waals surface area contributed by atoms with Gasteiger partial charge in [0.25, 0.3) is 17.4 Å². The number of alkyl halides is 3. The number of carbonyl (C=O) groups excluding carboxylic acids is 2. The van der Waals surface area contributed by atoms with E-state index in [1.165, 1.54) is 24.7 Å². The summed E-state index contributed by atoms with van der Waals surface area (Å²) in [6.45, 7) is 0. The molecule has 0 spiro atoms. The van der Waals surface area contributed by atoms with Crippen LogP contribution >= 0.6 is 0 Å². The third-order valence-corrected chi connectivity index (χ3v) is 4.66. The number of anilines is 1. The maximum Gasteiger partial charge on any atom is 0.416 e. The number of halogens is 3. The van der Waals surface area contributed by atoms with Crippen LogP contribution in [0.5, 0.6) is 0 Å². The van der Waals surface area contributed by atoms with Crippen molar-refractivity contribution in [1.29, 1.82) is 0 Å². The molecule has 2 aromatic heterocycles. The fraction of sp³-hybridized carbons (Fsp3) is 0.0455. The summed E-state index contributed by atoms with van der Waals surface area (Å²) in [5.41, 5.74) is 1.01. The minimum absolute atomic E-state index is 0.0181. The molecule has 0 unspecified atom stereocenters. The molecule has 0 atom stereocenters. The van der Waals surface area contributed by atoms with Gasteiger partial charge in [0.1, 0.15) is 5.69 Å². The minimum atomic E-state index is -4.50. The van der Waals surface area contributed by atoms with E-state index in [1.54, 1.807) is 18.2 Å². The summed E-state index contributed by atoms with van der Waals surface area (Å²) < 4.78 is 39.2. The molecular weight excluding hydrogens is 439 g/mol. The molecule has 2 aromatic carbocycles. The predicted octanol–water partition coefficient (Wildman–Crippen LogP) is 3.45. The van der Waals surface area contributed by atoms with Gasteiger partial charge in [0.15, 0.2) is 0 Å². The lowest BCUT2D eigenvalue weighted by Crippen LogP contribution is -2.34. The van der Waals surface area contributed by atoms with Crippen LogP contribution in [0.3, 0.4) is 0 Å². The monoisotopic (exact) mass is 453 g/mol. The Morgan fingerprint density at radius 3 is 2.24 bits per heavy atom. The Morgan fingerprint density at radius 2 is 1.61 bits per heavy atom. The maximum absolute atomic E-state index is 12.9. The van der Waals surface area contributed by atoms with E-state index in [-0.39, 0.29) is 22.3 Å². The molecule has 166 valence electrons. The first kappa shape index (κ1) is 21.7. The number of nitrogens with zero attached hydrogens (tertiary/aromatic N) is 3. The zero-order valence-corrected chi connectivity index (χ0v) is 16.6. The van der Waals surface area contributed by atoms with Crippen LogP contribution in [0.15, 0.2) is 78.1 Å². The average Bonchev–Trinajstić information content (AvgIpc) is 2.81. The molecular formula is C22H14F3N5O3. The molecule has 0 fully saturated rings. The third-order valence-electron chi connectivity index (χ3n) is 4.66. The van der Waals surface area contributed by atoms with Crippen molar-refractivity contribution in [3.63, 3.8) is 0 Å². The highest BCUT2D eigenvalue weighted by atomic mass is 19.4. The predicted molar refractivity (Wildman–Crippen MR) is 113 cm³/mol. The highest BCUT2D eigenvalue weighted by Gasteiger charge is 2.30. The lowest BCUT2D eigenvalue weighted by atomic mass is 10.1. The number of nitrogens with one attached hydrogen (secondary N) is 2. The van der Waals surface area contributed by atoms with Crippen molar-refractivity contribution in [3.05, 3.63) is 100 Å². The maximum atomic E-state index is 12.9. The molecule has 4 rings (SSSR count). The van der Waals surface area contributed by atoms with Gasteiger partial charge in [-0.15, -0.1) is 0 Å². The van der Waals surface area contributed by atoms with Crippen LogP contribution in [0, 0.1) is 0 Å². The van der Waals surface area contributed by atoms with Crippen LogP contribution in [0.4, 0.5) is 18.9 Å². The summed E-state index contributed by atoms with van der Waals surface area (Å²) in [6, 6.07) is 10.2. The van der Waals surface area contributed by atoms with Crippen LogP contribution in [-0.4, -0.2) is 26.5 Å². The molecule has 33 heavy (non-hydrogen) atoms. The van der Waals surface area contributed by atoms with Crippen LogP contribution in [0.25, 0.3) is 10.8 Å². The van der Waals surface area contributed by atoms with Crippen molar-refractivity contribution in [2.45, 2.75) is 6.18 Å². The van der Waals surface area contributed by atoms with Gasteiger partial charge in [0.05, 0.1) is 17.3 Å². The molecule has 2 N–H and O–H groups in total. The largest absolute Gasteiger partial charge is 0.416 e. The van der Waals surface area contributed by atoms with Gasteiger partial charge in [-0.1, -0.05) is 18.2 Å². The summed E-state index contributed by atoms with van der Waals surface area (Å²) in [5.74, 6) is -1.41. The highest BCUT2D eigenvalue weighted by molar-refractivity contribution is 6.12. The zero-order chi connectivity index (χ0) is 23.6. The van der Waals surface area contributed by atoms with E-state index >= 15 is 0 Å². The average molecular weight is 453 g/mol. The smallest absolute Gasteiger partial charge is 0.322 e. The number of fused-ring (bicyclic) bond motifs is 1. The second-order valence-corrected chi connectivity index (χ2v) is 6.82. The van der Waals surface area contributed by atoms with Crippen molar-refractivity contribution in [3.8, 4) is 0 Å². The number of benzene rings is 2. The second kappa shape index (κ2) is 8.54. The number of hydrogen-bond acceptors (Lipinski definition) is 5. The number of amides is 2. The molecule has 2 amide bonds. The molecule has 2 heterocycles. The van der Waals surface area contributed by atoms with E-state index < -0.39 is 29.1 Å². The summed E-state index contributed by atoms with van der Waals surface area (Å²) >= 11 is 0. The van der Waals surface area contributed by atoms with Crippen molar-refractivity contribution >= 4 is 28.3 Å². The van der Waals surface area contributed by atoms with Crippen LogP contribution in [0.1, 0.15) is 26.4 Å². The van der Waals surface area contributed by atoms with E-state index in [0.29, 0.717) is 5.39 Å². The van der Waals surface area contributed by atoms with Gasteiger partial charge in [-0.25, -0.2) is 9.66 Å². The van der Waals surface area contributed by atoms with E-state index in [9.17, 15) is 27.6 Å². The standard InChI is InChI=1S/C22H14F3N5O3/c23-22(24,25)13-5-7-14(8-6-13)28-19(31)17-12-30(21(33)16-4-2-1-3-15(16)17)29-20(32)18-11-26-9-10-27-18/h1-12H,(H,28,31)(H,29,32). The Bertz CT molecular complexity index is 1400. The van der Waals surface area contributed by atoms with Gasteiger partial charge in [0, 0.05) is 35.1 Å². The molecule has 0 aliphatic heterocycles. The molecule has 0 bridgehead atoms. The topological polar surface area (TPSA) is 106 Å². The molecule has 0 saturated heterocycles. The normalized spacial score (nSPS) is 11.2.